The van der Waals surface area contributed by atoms with Gasteiger partial charge in [0.2, 0.25) is 0 Å². The number of aliphatic hydroxyl groups excluding tert-OH is 2. The maximum atomic E-state index is 10.7. The second-order valence-electron chi connectivity index (χ2n) is 7.13. The lowest BCUT2D eigenvalue weighted by Gasteiger charge is -2.22. The lowest BCUT2D eigenvalue weighted by Crippen LogP contribution is -2.34. The van der Waals surface area contributed by atoms with Gasteiger partial charge in [-0.3, -0.25) is 0 Å². The number of hydrogen-bond acceptors (Lipinski definition) is 7. The van der Waals surface area contributed by atoms with Crippen molar-refractivity contribution in [3.8, 4) is 0 Å². The van der Waals surface area contributed by atoms with Crippen LogP contribution in [0.15, 0.2) is 36.8 Å². The first-order valence-electron chi connectivity index (χ1n) is 8.84. The minimum atomic E-state index is -1.13. The maximum absolute atomic E-state index is 10.7. The Hall–Kier alpha value is -2.52. The Morgan fingerprint density at radius 1 is 1.19 bits per heavy atom. The standard InChI is InChI=1S/C19H20N4O4/c1-9-2-3-10-7-26-15(12(10)6-9)16-13(24)14(25)19(27-16)23-5-4-11-17(20)21-8-22-18(11)23/h2-6,8,13-16,19,24-25H,7H2,1H3,(H2,20,21,22)/t13-,14+,15+,16-,19+/m0/s1. The molecule has 4 N–H and O–H groups in total. The average Bonchev–Trinajstić information content (AvgIpc) is 3.33. The largest absolute Gasteiger partial charge is 0.387 e. The van der Waals surface area contributed by atoms with Gasteiger partial charge >= 0.3 is 0 Å². The number of nitrogen functional groups attached to an aromatic ring is 1. The van der Waals surface area contributed by atoms with Crippen LogP contribution in [0.2, 0.25) is 0 Å². The lowest BCUT2D eigenvalue weighted by molar-refractivity contribution is -0.104. The van der Waals surface area contributed by atoms with Crippen LogP contribution in [-0.2, 0) is 16.1 Å². The number of anilines is 1. The van der Waals surface area contributed by atoms with Gasteiger partial charge in [0.1, 0.15) is 42.2 Å². The minimum absolute atomic E-state index is 0.354. The van der Waals surface area contributed by atoms with Crippen molar-refractivity contribution in [2.24, 2.45) is 0 Å². The molecule has 1 saturated heterocycles. The fraction of sp³-hybridized carbons (Fsp3) is 0.368. The molecule has 0 unspecified atom stereocenters. The van der Waals surface area contributed by atoms with Crippen LogP contribution in [-0.4, -0.2) is 43.1 Å². The molecule has 5 rings (SSSR count). The number of fused-ring (bicyclic) bond motifs is 2. The van der Waals surface area contributed by atoms with Crippen molar-refractivity contribution in [1.82, 2.24) is 14.5 Å². The zero-order chi connectivity index (χ0) is 18.7. The van der Waals surface area contributed by atoms with Gasteiger partial charge in [0.15, 0.2) is 6.23 Å². The topological polar surface area (TPSA) is 116 Å². The van der Waals surface area contributed by atoms with Crippen LogP contribution < -0.4 is 5.73 Å². The zero-order valence-electron chi connectivity index (χ0n) is 14.7. The first-order valence-corrected chi connectivity index (χ1v) is 8.84. The summed E-state index contributed by atoms with van der Waals surface area (Å²) in [6.07, 6.45) is -1.05. The SMILES string of the molecule is Cc1ccc2c(c1)[C@H]([C@H]1O[C@@H](n3ccc4c(N)ncnc43)[C@H](O)[C@@H]1O)OC2. The normalized spacial score (nSPS) is 30.1. The molecular weight excluding hydrogens is 348 g/mol. The Morgan fingerprint density at radius 3 is 2.89 bits per heavy atom. The molecule has 0 saturated carbocycles. The molecule has 0 bridgehead atoms. The van der Waals surface area contributed by atoms with Crippen LogP contribution in [0, 0.1) is 6.92 Å². The Kier molecular flexibility index (Phi) is 3.70. The molecule has 8 heteroatoms. The van der Waals surface area contributed by atoms with Crippen molar-refractivity contribution in [3.63, 3.8) is 0 Å². The summed E-state index contributed by atoms with van der Waals surface area (Å²) < 4.78 is 13.7. The van der Waals surface area contributed by atoms with E-state index in [1.165, 1.54) is 6.33 Å². The van der Waals surface area contributed by atoms with Crippen LogP contribution in [0.5, 0.6) is 0 Å². The highest BCUT2D eigenvalue weighted by atomic mass is 16.6. The molecule has 5 atom stereocenters. The van der Waals surface area contributed by atoms with Gasteiger partial charge in [0.25, 0.3) is 0 Å². The third-order valence-electron chi connectivity index (χ3n) is 5.41. The van der Waals surface area contributed by atoms with E-state index >= 15 is 0 Å². The minimum Gasteiger partial charge on any atom is -0.387 e. The van der Waals surface area contributed by atoms with E-state index in [0.29, 0.717) is 23.5 Å². The van der Waals surface area contributed by atoms with Gasteiger partial charge in [-0.25, -0.2) is 9.97 Å². The molecule has 0 spiro atoms. The Balaban J connectivity index is 1.50. The van der Waals surface area contributed by atoms with Gasteiger partial charge in [-0.2, -0.15) is 0 Å². The van der Waals surface area contributed by atoms with Crippen LogP contribution in [0.3, 0.4) is 0 Å². The number of aryl methyl sites for hydroxylation is 1. The molecule has 140 valence electrons. The lowest BCUT2D eigenvalue weighted by atomic mass is 9.96. The number of aromatic nitrogens is 3. The van der Waals surface area contributed by atoms with E-state index in [-0.39, 0.29) is 0 Å². The van der Waals surface area contributed by atoms with E-state index in [9.17, 15) is 10.2 Å². The van der Waals surface area contributed by atoms with Crippen LogP contribution in [0.1, 0.15) is 29.0 Å². The molecule has 0 aliphatic carbocycles. The van der Waals surface area contributed by atoms with E-state index in [0.717, 1.165) is 16.7 Å². The van der Waals surface area contributed by atoms with Gasteiger partial charge in [-0.05, 0) is 24.1 Å². The first-order chi connectivity index (χ1) is 13.0. The quantitative estimate of drug-likeness (QED) is 0.623. The highest BCUT2D eigenvalue weighted by molar-refractivity contribution is 5.86. The van der Waals surface area contributed by atoms with Crippen molar-refractivity contribution in [1.29, 1.82) is 0 Å². The first kappa shape index (κ1) is 16.6. The summed E-state index contributed by atoms with van der Waals surface area (Å²) in [5.41, 5.74) is 9.61. The highest BCUT2D eigenvalue weighted by Gasteiger charge is 2.49. The summed E-state index contributed by atoms with van der Waals surface area (Å²) in [6.45, 7) is 2.47. The fourth-order valence-corrected chi connectivity index (χ4v) is 4.01. The summed E-state index contributed by atoms with van der Waals surface area (Å²) in [6, 6.07) is 7.87. The van der Waals surface area contributed by atoms with E-state index < -0.39 is 30.6 Å². The molecule has 2 aromatic heterocycles. The number of rotatable bonds is 2. The van der Waals surface area contributed by atoms with Gasteiger partial charge in [-0.1, -0.05) is 23.8 Å². The van der Waals surface area contributed by atoms with Crippen molar-refractivity contribution in [2.75, 3.05) is 5.73 Å². The average molecular weight is 368 g/mol. The molecule has 4 heterocycles. The molecule has 3 aromatic rings. The maximum Gasteiger partial charge on any atom is 0.164 e. The number of ether oxygens (including phenoxy) is 2. The third kappa shape index (κ3) is 2.45. The van der Waals surface area contributed by atoms with Crippen molar-refractivity contribution in [3.05, 3.63) is 53.5 Å². The Labute approximate surface area is 155 Å². The summed E-state index contributed by atoms with van der Waals surface area (Å²) in [5, 5.41) is 22.0. The van der Waals surface area contributed by atoms with Crippen molar-refractivity contribution < 1.29 is 19.7 Å². The number of benzene rings is 1. The second kappa shape index (κ2) is 6.00. The molecule has 0 radical (unpaired) electrons. The predicted octanol–water partition coefficient (Wildman–Crippen LogP) is 1.21. The Morgan fingerprint density at radius 2 is 2.04 bits per heavy atom. The molecule has 1 fully saturated rings. The number of nitrogens with zero attached hydrogens (tertiary/aromatic N) is 3. The van der Waals surface area contributed by atoms with Gasteiger partial charge in [0, 0.05) is 6.20 Å². The van der Waals surface area contributed by atoms with Crippen LogP contribution in [0.25, 0.3) is 11.0 Å². The smallest absolute Gasteiger partial charge is 0.164 e. The number of aliphatic hydroxyl groups is 2. The van der Waals surface area contributed by atoms with Gasteiger partial charge < -0.3 is 30.0 Å². The summed E-state index contributed by atoms with van der Waals surface area (Å²) in [4.78, 5) is 8.22. The van der Waals surface area contributed by atoms with Crippen LogP contribution >= 0.6 is 0 Å². The van der Waals surface area contributed by atoms with Crippen LogP contribution in [0.4, 0.5) is 5.82 Å². The molecule has 27 heavy (non-hydrogen) atoms. The third-order valence-corrected chi connectivity index (χ3v) is 5.41. The molecule has 0 amide bonds. The zero-order valence-corrected chi connectivity index (χ0v) is 14.7. The van der Waals surface area contributed by atoms with Gasteiger partial charge in [0.05, 0.1) is 12.0 Å². The van der Waals surface area contributed by atoms with E-state index in [4.69, 9.17) is 15.2 Å². The molecule has 2 aliphatic heterocycles. The van der Waals surface area contributed by atoms with E-state index in [1.54, 1.807) is 16.8 Å². The van der Waals surface area contributed by atoms with Gasteiger partial charge in [-0.15, -0.1) is 0 Å². The predicted molar refractivity (Wildman–Crippen MR) is 96.6 cm³/mol. The second-order valence-corrected chi connectivity index (χ2v) is 7.13. The number of nitrogens with two attached hydrogens (primary N) is 1. The Bertz CT molecular complexity index is 1020. The summed E-state index contributed by atoms with van der Waals surface area (Å²) in [5.74, 6) is 0.354. The van der Waals surface area contributed by atoms with Crippen molar-refractivity contribution in [2.45, 2.75) is 44.2 Å². The van der Waals surface area contributed by atoms with E-state index in [2.05, 4.69) is 9.97 Å². The highest BCUT2D eigenvalue weighted by Crippen LogP contribution is 2.43. The monoisotopic (exact) mass is 368 g/mol. The molecule has 2 aliphatic rings. The summed E-state index contributed by atoms with van der Waals surface area (Å²) in [7, 11) is 0. The molecular formula is C19H20N4O4. The molecule has 1 aromatic carbocycles. The molecule has 8 nitrogen and oxygen atoms in total. The van der Waals surface area contributed by atoms with E-state index in [1.807, 2.05) is 25.1 Å². The fourth-order valence-electron chi connectivity index (χ4n) is 4.01. The summed E-state index contributed by atoms with van der Waals surface area (Å²) >= 11 is 0. The van der Waals surface area contributed by atoms with Crippen molar-refractivity contribution >= 4 is 16.9 Å². The number of hydrogen-bond donors (Lipinski definition) is 3.